The highest BCUT2D eigenvalue weighted by Crippen LogP contribution is 2.29. The van der Waals surface area contributed by atoms with Gasteiger partial charge in [-0.1, -0.05) is 42.5 Å². The van der Waals surface area contributed by atoms with E-state index in [2.05, 4.69) is 23.6 Å². The number of hydrogen-bond donors (Lipinski definition) is 1. The molecule has 3 rings (SSSR count). The summed E-state index contributed by atoms with van der Waals surface area (Å²) < 4.78 is 25.1. The lowest BCUT2D eigenvalue weighted by molar-refractivity contribution is 0.464. The Morgan fingerprint density at radius 1 is 1.41 bits per heavy atom. The van der Waals surface area contributed by atoms with Crippen molar-refractivity contribution in [3.8, 4) is 0 Å². The van der Waals surface area contributed by atoms with Crippen molar-refractivity contribution in [3.63, 3.8) is 0 Å². The van der Waals surface area contributed by atoms with E-state index in [1.165, 1.54) is 5.57 Å². The molecule has 3 aliphatic rings. The minimum Gasteiger partial charge on any atom is -0.355 e. The van der Waals surface area contributed by atoms with Gasteiger partial charge in [-0.05, 0) is 37.8 Å². The van der Waals surface area contributed by atoms with Crippen molar-refractivity contribution in [2.24, 2.45) is 4.99 Å². The van der Waals surface area contributed by atoms with Crippen LogP contribution in [0.1, 0.15) is 33.1 Å². The van der Waals surface area contributed by atoms with Gasteiger partial charge in [-0.2, -0.15) is 0 Å². The molecule has 1 aliphatic carbocycles. The maximum absolute atomic E-state index is 12.6. The summed E-state index contributed by atoms with van der Waals surface area (Å²) in [5, 5.41) is 8.46. The van der Waals surface area contributed by atoms with E-state index in [1.54, 1.807) is 13.0 Å². The van der Waals surface area contributed by atoms with Gasteiger partial charge in [0.25, 0.3) is 0 Å². The third-order valence-corrected chi connectivity index (χ3v) is 7.31. The minimum absolute atomic E-state index is 0.0148. The Morgan fingerprint density at radius 2 is 2.19 bits per heavy atom. The zero-order chi connectivity index (χ0) is 19.6. The highest BCUT2D eigenvalue weighted by Gasteiger charge is 2.31. The number of nitrogens with zero attached hydrogens (tertiary/aromatic N) is 2. The highest BCUT2D eigenvalue weighted by atomic mass is 32.2. The zero-order valence-corrected chi connectivity index (χ0v) is 16.8. The molecular weight excluding hydrogens is 358 g/mol. The molecule has 2 aliphatic heterocycles. The number of amidine groups is 1. The standard InChI is InChI=1S/C21H27N3O2S/c1-4-5-6-7-17-14-24(10-11-27(25,26)16(17)3)21-13-19(22)18-12-15(2)8-9-20(18)23-21/h4-6,8,12,20,22H,1,7,9-11,13-14H2,2-3H3. The predicted octanol–water partition coefficient (Wildman–Crippen LogP) is 3.59. The Balaban J connectivity index is 1.89. The van der Waals surface area contributed by atoms with E-state index >= 15 is 0 Å². The van der Waals surface area contributed by atoms with E-state index < -0.39 is 9.84 Å². The lowest BCUT2D eigenvalue weighted by atomic mass is 9.88. The van der Waals surface area contributed by atoms with E-state index in [1.807, 2.05) is 19.1 Å². The molecule has 0 amide bonds. The van der Waals surface area contributed by atoms with Crippen molar-refractivity contribution >= 4 is 21.4 Å². The van der Waals surface area contributed by atoms with Crippen LogP contribution in [0.3, 0.4) is 0 Å². The quantitative estimate of drug-likeness (QED) is 0.755. The van der Waals surface area contributed by atoms with Gasteiger partial charge in [-0.25, -0.2) is 8.42 Å². The molecule has 2 heterocycles. The normalized spacial score (nSPS) is 25.6. The molecule has 144 valence electrons. The first-order valence-electron chi connectivity index (χ1n) is 9.28. The molecule has 0 aromatic rings. The van der Waals surface area contributed by atoms with Crippen LogP contribution in [0, 0.1) is 5.41 Å². The van der Waals surface area contributed by atoms with E-state index in [9.17, 15) is 8.42 Å². The monoisotopic (exact) mass is 385 g/mol. The third kappa shape index (κ3) is 4.21. The van der Waals surface area contributed by atoms with Crippen LogP contribution in [0.15, 0.2) is 63.6 Å². The van der Waals surface area contributed by atoms with Crippen molar-refractivity contribution in [1.29, 1.82) is 5.41 Å². The molecule has 0 saturated carbocycles. The lowest BCUT2D eigenvalue weighted by Gasteiger charge is -2.32. The van der Waals surface area contributed by atoms with Crippen LogP contribution in [-0.2, 0) is 9.84 Å². The van der Waals surface area contributed by atoms with Crippen LogP contribution in [-0.4, -0.2) is 49.7 Å². The van der Waals surface area contributed by atoms with Crippen molar-refractivity contribution in [2.75, 3.05) is 18.8 Å². The topological polar surface area (TPSA) is 73.6 Å². The Hall–Kier alpha value is -2.21. The molecule has 5 nitrogen and oxygen atoms in total. The smallest absolute Gasteiger partial charge is 0.176 e. The average Bonchev–Trinajstić information content (AvgIpc) is 2.74. The fraction of sp³-hybridized carbons (Fsp3) is 0.429. The maximum Gasteiger partial charge on any atom is 0.176 e. The lowest BCUT2D eigenvalue weighted by Crippen LogP contribution is -2.40. The first-order chi connectivity index (χ1) is 12.8. The number of sulfone groups is 1. The molecule has 1 atom stereocenters. The molecule has 0 radical (unpaired) electrons. The largest absolute Gasteiger partial charge is 0.355 e. The van der Waals surface area contributed by atoms with Crippen LogP contribution in [0.2, 0.25) is 0 Å². The van der Waals surface area contributed by atoms with Crippen LogP contribution in [0.25, 0.3) is 0 Å². The number of rotatable bonds is 3. The van der Waals surface area contributed by atoms with Gasteiger partial charge in [0.15, 0.2) is 9.84 Å². The van der Waals surface area contributed by atoms with Crippen molar-refractivity contribution in [1.82, 2.24) is 4.90 Å². The molecule has 0 fully saturated rings. The van der Waals surface area contributed by atoms with E-state index in [0.717, 1.165) is 23.4 Å². The van der Waals surface area contributed by atoms with Gasteiger partial charge in [0.1, 0.15) is 5.84 Å². The van der Waals surface area contributed by atoms with Gasteiger partial charge in [0.05, 0.1) is 11.8 Å². The average molecular weight is 386 g/mol. The highest BCUT2D eigenvalue weighted by molar-refractivity contribution is 7.95. The van der Waals surface area contributed by atoms with Gasteiger partial charge in [0.2, 0.25) is 0 Å². The van der Waals surface area contributed by atoms with Crippen LogP contribution in [0.5, 0.6) is 0 Å². The molecule has 0 spiro atoms. The summed E-state index contributed by atoms with van der Waals surface area (Å²) in [6.45, 7) is 8.38. The number of hydrogen-bond acceptors (Lipinski definition) is 5. The van der Waals surface area contributed by atoms with E-state index in [-0.39, 0.29) is 11.8 Å². The molecular formula is C21H27N3O2S. The Labute approximate surface area is 162 Å². The van der Waals surface area contributed by atoms with Gasteiger partial charge < -0.3 is 10.3 Å². The van der Waals surface area contributed by atoms with Crippen molar-refractivity contribution in [3.05, 3.63) is 58.6 Å². The Kier molecular flexibility index (Phi) is 5.65. The first kappa shape index (κ1) is 19.5. The molecule has 0 aromatic heterocycles. The number of fused-ring (bicyclic) bond motifs is 1. The molecule has 6 heteroatoms. The second-order valence-corrected chi connectivity index (χ2v) is 9.52. The van der Waals surface area contributed by atoms with Crippen LogP contribution >= 0.6 is 0 Å². The summed E-state index contributed by atoms with van der Waals surface area (Å²) in [5.74, 6) is 0.928. The Bertz CT molecular complexity index is 917. The molecule has 1 N–H and O–H groups in total. The third-order valence-electron chi connectivity index (χ3n) is 5.37. The van der Waals surface area contributed by atoms with Crippen molar-refractivity contribution < 1.29 is 8.42 Å². The molecule has 27 heavy (non-hydrogen) atoms. The molecule has 1 unspecified atom stereocenters. The fourth-order valence-electron chi connectivity index (χ4n) is 3.67. The summed E-state index contributed by atoms with van der Waals surface area (Å²) in [7, 11) is -3.25. The van der Waals surface area contributed by atoms with Crippen LogP contribution in [0.4, 0.5) is 0 Å². The maximum atomic E-state index is 12.6. The van der Waals surface area contributed by atoms with Crippen molar-refractivity contribution in [2.45, 2.75) is 39.2 Å². The summed E-state index contributed by atoms with van der Waals surface area (Å²) in [5.41, 5.74) is 3.67. The van der Waals surface area contributed by atoms with Crippen LogP contribution < -0.4 is 0 Å². The van der Waals surface area contributed by atoms with Gasteiger partial charge in [0, 0.05) is 30.1 Å². The fourth-order valence-corrected chi connectivity index (χ4v) is 5.03. The number of allylic oxidation sites excluding steroid dienone is 6. The summed E-state index contributed by atoms with van der Waals surface area (Å²) in [4.78, 5) is 7.43. The van der Waals surface area contributed by atoms with Gasteiger partial charge in [-0.15, -0.1) is 0 Å². The second-order valence-electron chi connectivity index (χ2n) is 7.27. The van der Waals surface area contributed by atoms with E-state index in [4.69, 9.17) is 10.4 Å². The first-order valence-corrected chi connectivity index (χ1v) is 10.9. The van der Waals surface area contributed by atoms with Gasteiger partial charge in [-0.3, -0.25) is 4.99 Å². The molecule has 0 aromatic carbocycles. The Morgan fingerprint density at radius 3 is 2.93 bits per heavy atom. The summed E-state index contributed by atoms with van der Waals surface area (Å²) >= 11 is 0. The van der Waals surface area contributed by atoms with E-state index in [0.29, 0.717) is 36.5 Å². The molecule has 0 bridgehead atoms. The zero-order valence-electron chi connectivity index (χ0n) is 16.0. The predicted molar refractivity (Wildman–Crippen MR) is 112 cm³/mol. The number of nitrogens with one attached hydrogen (secondary N) is 1. The number of aliphatic imine (C=N–C) groups is 1. The molecule has 0 saturated heterocycles. The van der Waals surface area contributed by atoms with Gasteiger partial charge >= 0.3 is 0 Å². The summed E-state index contributed by atoms with van der Waals surface area (Å²) in [6.07, 6.45) is 11.5. The SMILES string of the molecule is C=CC=CCC1=C(C)S(=O)(=O)CCN(C2=NC3CC=C(C)C=C3C(=N)C2)C1. The summed E-state index contributed by atoms with van der Waals surface area (Å²) in [6, 6.07) is -0.0148. The minimum atomic E-state index is -3.25. The second kappa shape index (κ2) is 7.80.